The van der Waals surface area contributed by atoms with Crippen LogP contribution in [0.1, 0.15) is 16.2 Å². The van der Waals surface area contributed by atoms with Crippen LogP contribution in [-0.4, -0.2) is 32.7 Å². The Kier molecular flexibility index (Phi) is 3.42. The third kappa shape index (κ3) is 2.58. The predicted octanol–water partition coefficient (Wildman–Crippen LogP) is 1.47. The van der Waals surface area contributed by atoms with Gasteiger partial charge in [-0.3, -0.25) is 14.6 Å². The van der Waals surface area contributed by atoms with Crippen molar-refractivity contribution in [1.29, 1.82) is 0 Å². The standard InChI is InChI=1S/C16H15N5O3/c1-21-11(4-5-18-21)8-17-16(22)13-7-12(19-20-13)10-2-3-14-15(6-10)24-9-23-14/h2-7H,8-9H2,1H3,(H,17,22)(H,19,20). The predicted molar refractivity (Wildman–Crippen MR) is 84.5 cm³/mol. The Balaban J connectivity index is 1.48. The fraction of sp³-hybridized carbons (Fsp3) is 0.188. The molecular formula is C16H15N5O3. The molecule has 1 aromatic carbocycles. The van der Waals surface area contributed by atoms with Gasteiger partial charge >= 0.3 is 0 Å². The molecule has 3 heterocycles. The summed E-state index contributed by atoms with van der Waals surface area (Å²) in [6.45, 7) is 0.620. The number of aryl methyl sites for hydroxylation is 1. The van der Waals surface area contributed by atoms with Crippen LogP contribution in [0.3, 0.4) is 0 Å². The third-order valence-corrected chi connectivity index (χ3v) is 3.84. The fourth-order valence-electron chi connectivity index (χ4n) is 2.48. The monoisotopic (exact) mass is 325 g/mol. The maximum atomic E-state index is 12.2. The van der Waals surface area contributed by atoms with E-state index in [-0.39, 0.29) is 12.7 Å². The van der Waals surface area contributed by atoms with Gasteiger partial charge in [-0.25, -0.2) is 0 Å². The number of hydrogen-bond acceptors (Lipinski definition) is 5. The van der Waals surface area contributed by atoms with E-state index in [1.165, 1.54) is 0 Å². The van der Waals surface area contributed by atoms with Gasteiger partial charge in [0.1, 0.15) is 5.69 Å². The van der Waals surface area contributed by atoms with Crippen LogP contribution in [-0.2, 0) is 13.6 Å². The highest BCUT2D eigenvalue weighted by Crippen LogP contribution is 2.35. The minimum atomic E-state index is -0.226. The molecule has 0 fully saturated rings. The molecule has 4 rings (SSSR count). The molecule has 24 heavy (non-hydrogen) atoms. The Morgan fingerprint density at radius 3 is 3.00 bits per heavy atom. The van der Waals surface area contributed by atoms with Gasteiger partial charge in [0, 0.05) is 18.8 Å². The topological polar surface area (TPSA) is 94.1 Å². The van der Waals surface area contributed by atoms with Crippen molar-refractivity contribution in [3.8, 4) is 22.8 Å². The van der Waals surface area contributed by atoms with E-state index < -0.39 is 0 Å². The Morgan fingerprint density at radius 2 is 2.17 bits per heavy atom. The quantitative estimate of drug-likeness (QED) is 0.757. The van der Waals surface area contributed by atoms with E-state index in [0.717, 1.165) is 11.3 Å². The molecular weight excluding hydrogens is 310 g/mol. The van der Waals surface area contributed by atoms with Crippen molar-refractivity contribution in [1.82, 2.24) is 25.3 Å². The van der Waals surface area contributed by atoms with Crippen molar-refractivity contribution in [2.24, 2.45) is 7.05 Å². The number of aromatic nitrogens is 4. The number of benzene rings is 1. The number of hydrogen-bond donors (Lipinski definition) is 2. The van der Waals surface area contributed by atoms with Gasteiger partial charge in [-0.05, 0) is 30.3 Å². The lowest BCUT2D eigenvalue weighted by Gasteiger charge is -2.03. The molecule has 1 aliphatic heterocycles. The number of ether oxygens (including phenoxy) is 2. The number of amides is 1. The molecule has 0 saturated heterocycles. The molecule has 2 aromatic heterocycles. The summed E-state index contributed by atoms with van der Waals surface area (Å²) < 4.78 is 12.4. The number of aromatic amines is 1. The van der Waals surface area contributed by atoms with Gasteiger partial charge < -0.3 is 14.8 Å². The molecule has 0 aliphatic carbocycles. The van der Waals surface area contributed by atoms with E-state index >= 15 is 0 Å². The van der Waals surface area contributed by atoms with E-state index in [2.05, 4.69) is 20.6 Å². The zero-order valence-corrected chi connectivity index (χ0v) is 12.9. The zero-order valence-electron chi connectivity index (χ0n) is 12.9. The number of fused-ring (bicyclic) bond motifs is 1. The van der Waals surface area contributed by atoms with Gasteiger partial charge in [0.25, 0.3) is 5.91 Å². The second-order valence-electron chi connectivity index (χ2n) is 5.36. The van der Waals surface area contributed by atoms with Gasteiger partial charge in [0.15, 0.2) is 11.5 Å². The number of rotatable bonds is 4. The minimum absolute atomic E-state index is 0.223. The lowest BCUT2D eigenvalue weighted by molar-refractivity contribution is 0.0945. The first-order valence-corrected chi connectivity index (χ1v) is 7.41. The smallest absolute Gasteiger partial charge is 0.269 e. The van der Waals surface area contributed by atoms with Crippen LogP contribution >= 0.6 is 0 Å². The number of carbonyl (C=O) groups excluding carboxylic acids is 1. The van der Waals surface area contributed by atoms with E-state index in [4.69, 9.17) is 9.47 Å². The van der Waals surface area contributed by atoms with Crippen LogP contribution < -0.4 is 14.8 Å². The Labute approximate surface area is 137 Å². The van der Waals surface area contributed by atoms with Crippen LogP contribution in [0, 0.1) is 0 Å². The normalized spacial score (nSPS) is 12.4. The summed E-state index contributed by atoms with van der Waals surface area (Å²) in [6, 6.07) is 9.10. The summed E-state index contributed by atoms with van der Waals surface area (Å²) >= 11 is 0. The molecule has 0 bridgehead atoms. The van der Waals surface area contributed by atoms with E-state index in [1.54, 1.807) is 16.9 Å². The number of nitrogens with one attached hydrogen (secondary N) is 2. The molecule has 122 valence electrons. The summed E-state index contributed by atoms with van der Waals surface area (Å²) in [5.74, 6) is 1.16. The first-order valence-electron chi connectivity index (χ1n) is 7.41. The maximum absolute atomic E-state index is 12.2. The molecule has 8 heteroatoms. The van der Waals surface area contributed by atoms with Crippen LogP contribution in [0.2, 0.25) is 0 Å². The summed E-state index contributed by atoms with van der Waals surface area (Å²) in [5.41, 5.74) is 2.82. The lowest BCUT2D eigenvalue weighted by atomic mass is 10.1. The highest BCUT2D eigenvalue weighted by atomic mass is 16.7. The number of H-pyrrole nitrogens is 1. The van der Waals surface area contributed by atoms with Crippen molar-refractivity contribution >= 4 is 5.91 Å². The second kappa shape index (κ2) is 5.73. The Hall–Kier alpha value is -3.29. The third-order valence-electron chi connectivity index (χ3n) is 3.84. The van der Waals surface area contributed by atoms with E-state index in [1.807, 2.05) is 31.3 Å². The fourth-order valence-corrected chi connectivity index (χ4v) is 2.48. The largest absolute Gasteiger partial charge is 0.454 e. The highest BCUT2D eigenvalue weighted by molar-refractivity contribution is 5.93. The van der Waals surface area contributed by atoms with Gasteiger partial charge in [-0.2, -0.15) is 10.2 Å². The van der Waals surface area contributed by atoms with E-state index in [0.29, 0.717) is 29.4 Å². The van der Waals surface area contributed by atoms with Gasteiger partial charge in [0.05, 0.1) is 17.9 Å². The van der Waals surface area contributed by atoms with Crippen molar-refractivity contribution in [3.05, 3.63) is 47.9 Å². The van der Waals surface area contributed by atoms with Crippen molar-refractivity contribution < 1.29 is 14.3 Å². The molecule has 0 saturated carbocycles. The summed E-state index contributed by atoms with van der Waals surface area (Å²) in [4.78, 5) is 12.2. The molecule has 0 radical (unpaired) electrons. The second-order valence-corrected chi connectivity index (χ2v) is 5.36. The zero-order chi connectivity index (χ0) is 16.5. The average Bonchev–Trinajstić information content (AvgIpc) is 3.32. The van der Waals surface area contributed by atoms with E-state index in [9.17, 15) is 4.79 Å². The molecule has 3 aromatic rings. The van der Waals surface area contributed by atoms with Crippen molar-refractivity contribution in [3.63, 3.8) is 0 Å². The summed E-state index contributed by atoms with van der Waals surface area (Å²) in [7, 11) is 1.83. The van der Waals surface area contributed by atoms with Crippen LogP contribution in [0.4, 0.5) is 0 Å². The summed E-state index contributed by atoms with van der Waals surface area (Å²) in [5, 5.41) is 13.9. The van der Waals surface area contributed by atoms with Crippen LogP contribution in [0.15, 0.2) is 36.5 Å². The highest BCUT2D eigenvalue weighted by Gasteiger charge is 2.16. The maximum Gasteiger partial charge on any atom is 0.269 e. The molecule has 0 atom stereocenters. The van der Waals surface area contributed by atoms with Crippen molar-refractivity contribution in [2.45, 2.75) is 6.54 Å². The molecule has 1 amide bonds. The van der Waals surface area contributed by atoms with Crippen molar-refractivity contribution in [2.75, 3.05) is 6.79 Å². The first-order chi connectivity index (χ1) is 11.7. The molecule has 2 N–H and O–H groups in total. The Morgan fingerprint density at radius 1 is 1.29 bits per heavy atom. The SMILES string of the molecule is Cn1nccc1CNC(=O)c1cc(-c2ccc3c(c2)OCO3)n[nH]1. The van der Waals surface area contributed by atoms with Gasteiger partial charge in [-0.15, -0.1) is 0 Å². The number of nitrogens with zero attached hydrogens (tertiary/aromatic N) is 3. The van der Waals surface area contributed by atoms with Crippen LogP contribution in [0.25, 0.3) is 11.3 Å². The lowest BCUT2D eigenvalue weighted by Crippen LogP contribution is -2.24. The summed E-state index contributed by atoms with van der Waals surface area (Å²) in [6.07, 6.45) is 1.69. The molecule has 0 unspecified atom stereocenters. The van der Waals surface area contributed by atoms with Gasteiger partial charge in [0.2, 0.25) is 6.79 Å². The minimum Gasteiger partial charge on any atom is -0.454 e. The van der Waals surface area contributed by atoms with Crippen LogP contribution in [0.5, 0.6) is 11.5 Å². The molecule has 1 aliphatic rings. The Bertz CT molecular complexity index is 899. The average molecular weight is 325 g/mol. The molecule has 0 spiro atoms. The van der Waals surface area contributed by atoms with Gasteiger partial charge in [-0.1, -0.05) is 0 Å². The first kappa shape index (κ1) is 14.3. The molecule has 8 nitrogen and oxygen atoms in total. The number of carbonyl (C=O) groups is 1.